The third-order valence-electron chi connectivity index (χ3n) is 6.60. The maximum atomic E-state index is 5.63. The standard InChI is InChI=1S/C27H32N4O2S/c1-19(17-32-3)33-12-4-5-23-14-22(18-34-23)26-25-15-21-13-20(6-7-24(21)27(25)29-28-26)16-31-10-8-30(2)9-11-31/h6-7,13-14,18-19H,8-12,15-17H2,1-3H3,(H,28,29). The van der Waals surface area contributed by atoms with Crippen molar-refractivity contribution in [3.63, 3.8) is 0 Å². The summed E-state index contributed by atoms with van der Waals surface area (Å²) in [5, 5.41) is 10.1. The van der Waals surface area contributed by atoms with Crippen LogP contribution in [0.4, 0.5) is 0 Å². The lowest BCUT2D eigenvalue weighted by Gasteiger charge is -2.32. The van der Waals surface area contributed by atoms with E-state index in [2.05, 4.69) is 68.5 Å². The van der Waals surface area contributed by atoms with Crippen molar-refractivity contribution in [2.75, 3.05) is 53.6 Å². The van der Waals surface area contributed by atoms with Crippen LogP contribution >= 0.6 is 11.3 Å². The molecular weight excluding hydrogens is 444 g/mol. The number of nitrogens with zero attached hydrogens (tertiary/aromatic N) is 3. The van der Waals surface area contributed by atoms with E-state index >= 15 is 0 Å². The Bertz CT molecular complexity index is 1200. The molecule has 34 heavy (non-hydrogen) atoms. The molecule has 0 radical (unpaired) electrons. The molecule has 0 spiro atoms. The molecule has 2 aliphatic rings. The Morgan fingerprint density at radius 1 is 1.21 bits per heavy atom. The molecule has 0 amide bonds. The van der Waals surface area contributed by atoms with E-state index in [0.717, 1.165) is 61.0 Å². The molecule has 0 saturated carbocycles. The van der Waals surface area contributed by atoms with Crippen LogP contribution in [-0.2, 0) is 22.4 Å². The van der Waals surface area contributed by atoms with E-state index in [1.54, 1.807) is 18.4 Å². The largest absolute Gasteiger partial charge is 0.382 e. The molecule has 1 fully saturated rings. The third kappa shape index (κ3) is 5.12. The lowest BCUT2D eigenvalue weighted by molar-refractivity contribution is 0.0250. The van der Waals surface area contributed by atoms with Gasteiger partial charge in [-0.15, -0.1) is 11.3 Å². The maximum Gasteiger partial charge on any atom is 0.108 e. The Balaban J connectivity index is 1.25. The van der Waals surface area contributed by atoms with Crippen LogP contribution in [0, 0.1) is 11.8 Å². The summed E-state index contributed by atoms with van der Waals surface area (Å²) >= 11 is 1.65. The summed E-state index contributed by atoms with van der Waals surface area (Å²) < 4.78 is 10.7. The first-order chi connectivity index (χ1) is 16.6. The summed E-state index contributed by atoms with van der Waals surface area (Å²) in [7, 11) is 3.88. The van der Waals surface area contributed by atoms with Crippen LogP contribution in [0.3, 0.4) is 0 Å². The van der Waals surface area contributed by atoms with Gasteiger partial charge in [-0.1, -0.05) is 30.0 Å². The van der Waals surface area contributed by atoms with Crippen molar-refractivity contribution >= 4 is 11.3 Å². The summed E-state index contributed by atoms with van der Waals surface area (Å²) in [6, 6.07) is 9.07. The molecule has 3 heterocycles. The van der Waals surface area contributed by atoms with Crippen LogP contribution < -0.4 is 0 Å². The van der Waals surface area contributed by atoms with Crippen LogP contribution in [0.5, 0.6) is 0 Å². The summed E-state index contributed by atoms with van der Waals surface area (Å²) in [6.45, 7) is 8.58. The zero-order valence-corrected chi connectivity index (χ0v) is 21.0. The molecule has 3 aromatic rings. The number of nitrogens with one attached hydrogen (secondary N) is 1. The number of thiophene rings is 1. The van der Waals surface area contributed by atoms with Gasteiger partial charge >= 0.3 is 0 Å². The van der Waals surface area contributed by atoms with Gasteiger partial charge in [-0.25, -0.2) is 0 Å². The van der Waals surface area contributed by atoms with Crippen molar-refractivity contribution in [2.24, 2.45) is 0 Å². The van der Waals surface area contributed by atoms with Crippen LogP contribution in [0.15, 0.2) is 29.6 Å². The van der Waals surface area contributed by atoms with Gasteiger partial charge in [0.25, 0.3) is 0 Å². The fourth-order valence-electron chi connectivity index (χ4n) is 4.70. The van der Waals surface area contributed by atoms with Crippen molar-refractivity contribution in [3.8, 4) is 34.4 Å². The molecule has 2 aromatic heterocycles. The van der Waals surface area contributed by atoms with Crippen molar-refractivity contribution in [1.29, 1.82) is 0 Å². The minimum absolute atomic E-state index is 0.0496. The van der Waals surface area contributed by atoms with E-state index in [9.17, 15) is 0 Å². The van der Waals surface area contributed by atoms with Crippen molar-refractivity contribution in [2.45, 2.75) is 26.0 Å². The fourth-order valence-corrected chi connectivity index (χ4v) is 5.46. The molecule has 1 aliphatic heterocycles. The molecule has 1 unspecified atom stereocenters. The molecule has 0 bridgehead atoms. The third-order valence-corrected chi connectivity index (χ3v) is 7.45. The number of aromatic amines is 1. The van der Waals surface area contributed by atoms with Gasteiger partial charge in [0.2, 0.25) is 0 Å². The molecule has 1 aliphatic carbocycles. The zero-order chi connectivity index (χ0) is 23.5. The van der Waals surface area contributed by atoms with Crippen molar-refractivity contribution in [1.82, 2.24) is 20.0 Å². The normalized spacial score (nSPS) is 16.7. The van der Waals surface area contributed by atoms with Gasteiger partial charge in [-0.2, -0.15) is 5.10 Å². The number of benzene rings is 1. The monoisotopic (exact) mass is 476 g/mol. The summed E-state index contributed by atoms with van der Waals surface area (Å²) in [5.41, 5.74) is 8.71. The number of rotatable bonds is 7. The van der Waals surface area contributed by atoms with Crippen LogP contribution in [0.2, 0.25) is 0 Å². The topological polar surface area (TPSA) is 53.6 Å². The van der Waals surface area contributed by atoms with Gasteiger partial charge in [0.1, 0.15) is 6.61 Å². The van der Waals surface area contributed by atoms with Gasteiger partial charge in [0.05, 0.1) is 29.0 Å². The molecule has 6 nitrogen and oxygen atoms in total. The van der Waals surface area contributed by atoms with E-state index in [4.69, 9.17) is 9.47 Å². The van der Waals surface area contributed by atoms with Gasteiger partial charge < -0.3 is 14.4 Å². The molecule has 1 aromatic carbocycles. The number of likely N-dealkylation sites (N-methyl/N-ethyl adjacent to an activating group) is 1. The quantitative estimate of drug-likeness (QED) is 0.411. The Kier molecular flexibility index (Phi) is 7.14. The Labute approximate surface area is 205 Å². The highest BCUT2D eigenvalue weighted by Crippen LogP contribution is 2.41. The van der Waals surface area contributed by atoms with E-state index in [0.29, 0.717) is 13.2 Å². The molecule has 1 atom stereocenters. The van der Waals surface area contributed by atoms with E-state index in [1.165, 1.54) is 22.3 Å². The second-order valence-corrected chi connectivity index (χ2v) is 10.2. The number of ether oxygens (including phenoxy) is 2. The summed E-state index contributed by atoms with van der Waals surface area (Å²) in [5.74, 6) is 6.32. The number of hydrogen-bond acceptors (Lipinski definition) is 6. The lowest BCUT2D eigenvalue weighted by Crippen LogP contribution is -2.43. The smallest absolute Gasteiger partial charge is 0.108 e. The highest BCUT2D eigenvalue weighted by Gasteiger charge is 2.26. The molecule has 1 N–H and O–H groups in total. The Morgan fingerprint density at radius 2 is 2.06 bits per heavy atom. The molecular formula is C27H32N4O2S. The SMILES string of the molecule is COCC(C)OCC#Cc1cc(-c2n[nH]c3c2Cc2cc(CN4CCN(C)CC4)ccc2-3)cs1. The number of aromatic nitrogens is 2. The summed E-state index contributed by atoms with van der Waals surface area (Å²) in [4.78, 5) is 5.98. The number of methoxy groups -OCH3 is 1. The predicted octanol–water partition coefficient (Wildman–Crippen LogP) is 3.86. The van der Waals surface area contributed by atoms with E-state index in [-0.39, 0.29) is 6.10 Å². The van der Waals surface area contributed by atoms with Gasteiger partial charge in [-0.3, -0.25) is 10.00 Å². The van der Waals surface area contributed by atoms with Gasteiger partial charge in [0, 0.05) is 68.3 Å². The first kappa shape index (κ1) is 23.3. The Hall–Kier alpha value is -2.47. The fraction of sp³-hybridized carbons (Fsp3) is 0.444. The number of hydrogen-bond donors (Lipinski definition) is 1. The maximum absolute atomic E-state index is 5.63. The van der Waals surface area contributed by atoms with Crippen LogP contribution in [0.25, 0.3) is 22.5 Å². The van der Waals surface area contributed by atoms with Gasteiger partial charge in [-0.05, 0) is 31.2 Å². The molecule has 178 valence electrons. The minimum Gasteiger partial charge on any atom is -0.382 e. The second kappa shape index (κ2) is 10.4. The predicted molar refractivity (Wildman–Crippen MR) is 137 cm³/mol. The Morgan fingerprint density at radius 3 is 2.88 bits per heavy atom. The van der Waals surface area contributed by atoms with Crippen LogP contribution in [-0.4, -0.2) is 79.7 Å². The number of H-pyrrole nitrogens is 1. The first-order valence-corrected chi connectivity index (χ1v) is 12.8. The lowest BCUT2D eigenvalue weighted by atomic mass is 10.0. The van der Waals surface area contributed by atoms with E-state index < -0.39 is 0 Å². The second-order valence-electron chi connectivity index (χ2n) is 9.25. The van der Waals surface area contributed by atoms with Crippen molar-refractivity contribution in [3.05, 3.63) is 51.2 Å². The number of piperazine rings is 1. The van der Waals surface area contributed by atoms with Gasteiger partial charge in [0.15, 0.2) is 0 Å². The van der Waals surface area contributed by atoms with Crippen molar-refractivity contribution < 1.29 is 9.47 Å². The summed E-state index contributed by atoms with van der Waals surface area (Å²) in [6.07, 6.45) is 0.975. The number of fused-ring (bicyclic) bond motifs is 3. The first-order valence-electron chi connectivity index (χ1n) is 11.9. The molecule has 5 rings (SSSR count). The zero-order valence-electron chi connectivity index (χ0n) is 20.2. The average Bonchev–Trinajstić information content (AvgIpc) is 3.53. The molecule has 1 saturated heterocycles. The minimum atomic E-state index is 0.0496. The highest BCUT2D eigenvalue weighted by atomic mass is 32.1. The van der Waals surface area contributed by atoms with Crippen LogP contribution in [0.1, 0.15) is 28.5 Å². The average molecular weight is 477 g/mol. The van der Waals surface area contributed by atoms with E-state index in [1.807, 2.05) is 6.92 Å². The highest BCUT2D eigenvalue weighted by molar-refractivity contribution is 7.11. The molecule has 7 heteroatoms.